The van der Waals surface area contributed by atoms with E-state index >= 15 is 0 Å². The van der Waals surface area contributed by atoms with Gasteiger partial charge in [-0.05, 0) is 43.9 Å². The minimum Gasteiger partial charge on any atom is -0.349 e. The highest BCUT2D eigenvalue weighted by Gasteiger charge is 2.44. The topological polar surface area (TPSA) is 32.3 Å². The Morgan fingerprint density at radius 3 is 3.10 bits per heavy atom. The Hall–Kier alpha value is -1.42. The van der Waals surface area contributed by atoms with Crippen molar-refractivity contribution in [2.75, 3.05) is 6.54 Å². The molecular formula is C17H23FN2O. The summed E-state index contributed by atoms with van der Waals surface area (Å²) in [5.41, 5.74) is 0.873. The number of carbonyl (C=O) groups excluding carboxylic acids is 1. The molecule has 0 saturated carbocycles. The largest absolute Gasteiger partial charge is 0.349 e. The van der Waals surface area contributed by atoms with Crippen molar-refractivity contribution in [1.29, 1.82) is 0 Å². The molecule has 4 heteroatoms. The van der Waals surface area contributed by atoms with Crippen molar-refractivity contribution in [3.05, 3.63) is 35.6 Å². The van der Waals surface area contributed by atoms with Crippen LogP contribution in [0.3, 0.4) is 0 Å². The van der Waals surface area contributed by atoms with Gasteiger partial charge in [-0.1, -0.05) is 18.6 Å². The van der Waals surface area contributed by atoms with E-state index in [1.807, 2.05) is 6.07 Å². The van der Waals surface area contributed by atoms with Crippen molar-refractivity contribution >= 4 is 5.91 Å². The Morgan fingerprint density at radius 2 is 2.29 bits per heavy atom. The first-order valence-electron chi connectivity index (χ1n) is 7.86. The number of carbonyl (C=O) groups is 1. The maximum Gasteiger partial charge on any atom is 0.220 e. The van der Waals surface area contributed by atoms with E-state index in [2.05, 4.69) is 17.1 Å². The summed E-state index contributed by atoms with van der Waals surface area (Å²) in [7, 11) is 0. The lowest BCUT2D eigenvalue weighted by molar-refractivity contribution is -0.123. The molecule has 2 heterocycles. The van der Waals surface area contributed by atoms with Crippen LogP contribution >= 0.6 is 0 Å². The molecule has 2 aliphatic heterocycles. The van der Waals surface area contributed by atoms with E-state index in [1.54, 1.807) is 12.1 Å². The number of likely N-dealkylation sites (tertiary alicyclic amines) is 1. The fraction of sp³-hybridized carbons (Fsp3) is 0.588. The van der Waals surface area contributed by atoms with Gasteiger partial charge in [-0.25, -0.2) is 4.39 Å². The van der Waals surface area contributed by atoms with Crippen molar-refractivity contribution in [1.82, 2.24) is 10.2 Å². The zero-order chi connectivity index (χ0) is 14.9. The molecule has 21 heavy (non-hydrogen) atoms. The molecule has 2 aliphatic rings. The first-order chi connectivity index (χ1) is 10.1. The van der Waals surface area contributed by atoms with E-state index in [4.69, 9.17) is 0 Å². The molecule has 1 aromatic carbocycles. The van der Waals surface area contributed by atoms with Gasteiger partial charge < -0.3 is 5.32 Å². The van der Waals surface area contributed by atoms with Gasteiger partial charge in [0.2, 0.25) is 5.91 Å². The Bertz CT molecular complexity index is 533. The van der Waals surface area contributed by atoms with Gasteiger partial charge in [0.1, 0.15) is 5.82 Å². The third kappa shape index (κ3) is 3.10. The predicted octanol–water partition coefficient (Wildman–Crippen LogP) is 2.85. The maximum absolute atomic E-state index is 13.3. The van der Waals surface area contributed by atoms with Gasteiger partial charge in [0.05, 0.1) is 5.54 Å². The lowest BCUT2D eigenvalue weighted by Crippen LogP contribution is -2.55. The third-order valence-corrected chi connectivity index (χ3v) is 4.93. The quantitative estimate of drug-likeness (QED) is 0.908. The van der Waals surface area contributed by atoms with Gasteiger partial charge in [0.25, 0.3) is 0 Å². The van der Waals surface area contributed by atoms with E-state index in [1.165, 1.54) is 6.07 Å². The molecule has 3 nitrogen and oxygen atoms in total. The molecule has 0 unspecified atom stereocenters. The molecule has 0 spiro atoms. The van der Waals surface area contributed by atoms with Gasteiger partial charge >= 0.3 is 0 Å². The summed E-state index contributed by atoms with van der Waals surface area (Å²) >= 11 is 0. The van der Waals surface area contributed by atoms with E-state index < -0.39 is 0 Å². The standard InChI is InChI=1S/C17H23FN2O/c1-17-9-10-20(12-13-5-4-6-14(18)11-13)15(17)7-2-3-8-16(21)19-17/h4-6,11,15H,2-3,7-10,12H2,1H3,(H,19,21)/t15-,17-/m1/s1. The summed E-state index contributed by atoms with van der Waals surface area (Å²) in [6, 6.07) is 7.18. The van der Waals surface area contributed by atoms with E-state index in [9.17, 15) is 9.18 Å². The highest BCUT2D eigenvalue weighted by molar-refractivity contribution is 5.77. The van der Waals surface area contributed by atoms with E-state index in [0.29, 0.717) is 12.5 Å². The van der Waals surface area contributed by atoms with Gasteiger partial charge in [-0.2, -0.15) is 0 Å². The molecule has 1 aromatic rings. The fourth-order valence-corrected chi connectivity index (χ4v) is 3.81. The van der Waals surface area contributed by atoms with Crippen LogP contribution in [-0.2, 0) is 11.3 Å². The van der Waals surface area contributed by atoms with Crippen molar-refractivity contribution in [2.45, 2.75) is 57.2 Å². The number of fused-ring (bicyclic) bond motifs is 1. The van der Waals surface area contributed by atoms with Gasteiger partial charge in [0, 0.05) is 25.6 Å². The van der Waals surface area contributed by atoms with Gasteiger partial charge in [0.15, 0.2) is 0 Å². The SMILES string of the molecule is C[C@@]12CCN(Cc3cccc(F)c3)[C@@H]1CCCCC(=O)N2. The van der Waals surface area contributed by atoms with Gasteiger partial charge in [-0.15, -0.1) is 0 Å². The minimum atomic E-state index is -0.180. The third-order valence-electron chi connectivity index (χ3n) is 4.93. The van der Waals surface area contributed by atoms with Crippen molar-refractivity contribution in [2.24, 2.45) is 0 Å². The molecule has 3 rings (SSSR count). The second-order valence-electron chi connectivity index (χ2n) is 6.58. The van der Waals surface area contributed by atoms with Crippen LogP contribution in [0.5, 0.6) is 0 Å². The molecule has 0 aliphatic carbocycles. The molecule has 1 amide bonds. The predicted molar refractivity (Wildman–Crippen MR) is 80.2 cm³/mol. The summed E-state index contributed by atoms with van der Waals surface area (Å²) in [6.45, 7) is 3.87. The molecule has 1 N–H and O–H groups in total. The molecular weight excluding hydrogens is 267 g/mol. The average molecular weight is 290 g/mol. The molecule has 0 aromatic heterocycles. The summed E-state index contributed by atoms with van der Waals surface area (Å²) in [5, 5.41) is 3.23. The zero-order valence-corrected chi connectivity index (χ0v) is 12.6. The number of benzene rings is 1. The summed E-state index contributed by atoms with van der Waals surface area (Å²) in [5.74, 6) is -0.00441. The first-order valence-corrected chi connectivity index (χ1v) is 7.86. The molecule has 2 saturated heterocycles. The lowest BCUT2D eigenvalue weighted by Gasteiger charge is -2.38. The van der Waals surface area contributed by atoms with Crippen LogP contribution in [0.15, 0.2) is 24.3 Å². The number of nitrogens with one attached hydrogen (secondary N) is 1. The number of hydrogen-bond acceptors (Lipinski definition) is 2. The Labute approximate surface area is 125 Å². The van der Waals surface area contributed by atoms with E-state index in [0.717, 1.165) is 44.3 Å². The molecule has 114 valence electrons. The van der Waals surface area contributed by atoms with Crippen molar-refractivity contribution in [3.8, 4) is 0 Å². The zero-order valence-electron chi connectivity index (χ0n) is 12.6. The Kier molecular flexibility index (Phi) is 3.98. The smallest absolute Gasteiger partial charge is 0.220 e. The fourth-order valence-electron chi connectivity index (χ4n) is 3.81. The van der Waals surface area contributed by atoms with Crippen LogP contribution in [0, 0.1) is 5.82 Å². The molecule has 0 bridgehead atoms. The number of halogens is 1. The first kappa shape index (κ1) is 14.5. The van der Waals surface area contributed by atoms with Crippen LogP contribution in [-0.4, -0.2) is 28.9 Å². The summed E-state index contributed by atoms with van der Waals surface area (Å²) in [4.78, 5) is 14.3. The maximum atomic E-state index is 13.3. The number of nitrogens with zero attached hydrogens (tertiary/aromatic N) is 1. The van der Waals surface area contributed by atoms with Crippen molar-refractivity contribution in [3.63, 3.8) is 0 Å². The van der Waals surface area contributed by atoms with Crippen LogP contribution in [0.1, 0.15) is 44.6 Å². The van der Waals surface area contributed by atoms with Crippen LogP contribution in [0.25, 0.3) is 0 Å². The Balaban J connectivity index is 1.76. The molecule has 2 atom stereocenters. The molecule has 0 radical (unpaired) electrons. The van der Waals surface area contributed by atoms with Crippen LogP contribution < -0.4 is 5.32 Å². The monoisotopic (exact) mass is 290 g/mol. The van der Waals surface area contributed by atoms with Crippen LogP contribution in [0.2, 0.25) is 0 Å². The van der Waals surface area contributed by atoms with Crippen molar-refractivity contribution < 1.29 is 9.18 Å². The highest BCUT2D eigenvalue weighted by atomic mass is 19.1. The summed E-state index contributed by atoms with van der Waals surface area (Å²) < 4.78 is 13.3. The minimum absolute atomic E-state index is 0.134. The van der Waals surface area contributed by atoms with Gasteiger partial charge in [-0.3, -0.25) is 9.69 Å². The van der Waals surface area contributed by atoms with E-state index in [-0.39, 0.29) is 17.3 Å². The van der Waals surface area contributed by atoms with Crippen LogP contribution in [0.4, 0.5) is 4.39 Å². The lowest BCUT2D eigenvalue weighted by atomic mass is 9.86. The molecule has 2 fully saturated rings. The summed E-state index contributed by atoms with van der Waals surface area (Å²) in [6.07, 6.45) is 4.77. The highest BCUT2D eigenvalue weighted by Crippen LogP contribution is 2.34. The number of rotatable bonds is 2. The normalized spacial score (nSPS) is 30.4. The second kappa shape index (κ2) is 5.76. The number of hydrogen-bond donors (Lipinski definition) is 1. The average Bonchev–Trinajstić information content (AvgIpc) is 2.69. The number of amides is 1. The second-order valence-corrected chi connectivity index (χ2v) is 6.58. The Morgan fingerprint density at radius 1 is 1.43 bits per heavy atom.